The Labute approximate surface area is 148 Å². The average molecular weight is 470 g/mol. The fraction of sp³-hybridized carbons (Fsp3) is 0.417. The van der Waals surface area contributed by atoms with Crippen LogP contribution in [0.2, 0.25) is 0 Å². The van der Waals surface area contributed by atoms with Gasteiger partial charge in [-0.15, -0.1) is 12.4 Å². The van der Waals surface area contributed by atoms with E-state index in [1.165, 1.54) is 14.0 Å². The molecule has 0 heterocycles. The Kier molecular flexibility index (Phi) is 8.04. The van der Waals surface area contributed by atoms with Crippen LogP contribution in [0.4, 0.5) is 8.78 Å². The molecule has 10 heteroatoms. The summed E-state index contributed by atoms with van der Waals surface area (Å²) in [5, 5.41) is 9.76. The number of hydrogen-bond acceptors (Lipinski definition) is 5. The van der Waals surface area contributed by atoms with Gasteiger partial charge in [-0.25, -0.2) is 4.79 Å². The molecule has 0 saturated carbocycles. The number of hydrogen-bond donors (Lipinski definition) is 2. The molecule has 1 aromatic rings. The van der Waals surface area contributed by atoms with Crippen LogP contribution >= 0.6 is 44.3 Å². The van der Waals surface area contributed by atoms with Crippen LogP contribution in [0.25, 0.3) is 0 Å². The van der Waals surface area contributed by atoms with Crippen molar-refractivity contribution in [3.63, 3.8) is 0 Å². The van der Waals surface area contributed by atoms with Gasteiger partial charge in [0.25, 0.3) is 0 Å². The molecule has 0 amide bonds. The van der Waals surface area contributed by atoms with E-state index in [9.17, 15) is 18.7 Å². The number of phenolic OH excluding ortho intramolecular Hbond substituents is 1. The second-order valence-electron chi connectivity index (χ2n) is 3.97. The fourth-order valence-electron chi connectivity index (χ4n) is 1.54. The molecule has 1 aromatic carbocycles. The standard InChI is InChI=1S/C12H13Br2F2NO4.ClH/c1-3-21-11(19)12(15,16)10(17)5-4-6(20-2)9(18)8(14)7(5)13;/h4,10,18H,3,17H2,1-2H3;1H/t10-;/m0./s1. The van der Waals surface area contributed by atoms with Crippen LogP contribution in [-0.4, -0.2) is 30.7 Å². The Balaban J connectivity index is 0.00000441. The lowest BCUT2D eigenvalue weighted by Gasteiger charge is -2.24. The summed E-state index contributed by atoms with van der Waals surface area (Å²) < 4.78 is 37.4. The van der Waals surface area contributed by atoms with Gasteiger partial charge in [0, 0.05) is 4.47 Å². The lowest BCUT2D eigenvalue weighted by Crippen LogP contribution is -2.42. The molecule has 1 atom stereocenters. The van der Waals surface area contributed by atoms with E-state index in [-0.39, 0.29) is 45.0 Å². The topological polar surface area (TPSA) is 81.8 Å². The maximum absolute atomic E-state index is 14.0. The summed E-state index contributed by atoms with van der Waals surface area (Å²) in [5.74, 6) is -5.98. The molecule has 3 N–H and O–H groups in total. The first-order chi connectivity index (χ1) is 9.68. The van der Waals surface area contributed by atoms with Crippen LogP contribution in [0, 0.1) is 0 Å². The Morgan fingerprint density at radius 1 is 1.45 bits per heavy atom. The third kappa shape index (κ3) is 4.01. The lowest BCUT2D eigenvalue weighted by atomic mass is 10.0. The zero-order valence-corrected chi connectivity index (χ0v) is 15.5. The van der Waals surface area contributed by atoms with Gasteiger partial charge in [0.1, 0.15) is 6.04 Å². The summed E-state index contributed by atoms with van der Waals surface area (Å²) in [5.41, 5.74) is 5.39. The number of alkyl halides is 2. The molecular weight excluding hydrogens is 455 g/mol. The molecule has 0 aliphatic rings. The summed E-state index contributed by atoms with van der Waals surface area (Å²) in [4.78, 5) is 11.3. The summed E-state index contributed by atoms with van der Waals surface area (Å²) in [6.07, 6.45) is 0. The minimum Gasteiger partial charge on any atom is -0.503 e. The minimum absolute atomic E-state index is 0. The van der Waals surface area contributed by atoms with Gasteiger partial charge in [-0.3, -0.25) is 0 Å². The van der Waals surface area contributed by atoms with Gasteiger partial charge in [-0.05, 0) is 50.4 Å². The molecule has 1 rings (SSSR count). The Morgan fingerprint density at radius 3 is 2.45 bits per heavy atom. The largest absolute Gasteiger partial charge is 0.503 e. The molecule has 0 fully saturated rings. The minimum atomic E-state index is -3.93. The van der Waals surface area contributed by atoms with Crippen LogP contribution < -0.4 is 10.5 Å². The summed E-state index contributed by atoms with van der Waals surface area (Å²) in [6, 6.07) is -0.848. The first-order valence-electron chi connectivity index (χ1n) is 5.73. The van der Waals surface area contributed by atoms with E-state index in [1.54, 1.807) is 0 Å². The van der Waals surface area contributed by atoms with E-state index in [0.29, 0.717) is 0 Å². The van der Waals surface area contributed by atoms with Crippen LogP contribution in [0.15, 0.2) is 15.0 Å². The van der Waals surface area contributed by atoms with E-state index in [2.05, 4.69) is 36.6 Å². The normalized spacial score (nSPS) is 12.3. The van der Waals surface area contributed by atoms with Crippen LogP contribution in [-0.2, 0) is 9.53 Å². The zero-order chi connectivity index (χ0) is 16.4. The molecule has 0 unspecified atom stereocenters. The van der Waals surface area contributed by atoms with Gasteiger partial charge >= 0.3 is 11.9 Å². The molecule has 0 aromatic heterocycles. The highest BCUT2D eigenvalue weighted by molar-refractivity contribution is 9.13. The van der Waals surface area contributed by atoms with Crippen molar-refractivity contribution in [1.29, 1.82) is 0 Å². The molecule has 0 aliphatic heterocycles. The number of benzene rings is 1. The molecule has 22 heavy (non-hydrogen) atoms. The fourth-order valence-corrected chi connectivity index (χ4v) is 2.52. The van der Waals surface area contributed by atoms with Crippen molar-refractivity contribution in [2.75, 3.05) is 13.7 Å². The summed E-state index contributed by atoms with van der Waals surface area (Å²) >= 11 is 6.08. The van der Waals surface area contributed by atoms with Crippen molar-refractivity contribution in [2.45, 2.75) is 18.9 Å². The van der Waals surface area contributed by atoms with Crippen molar-refractivity contribution < 1.29 is 28.2 Å². The van der Waals surface area contributed by atoms with Crippen molar-refractivity contribution in [3.8, 4) is 11.5 Å². The van der Waals surface area contributed by atoms with Crippen LogP contribution in [0.3, 0.4) is 0 Å². The number of ether oxygens (including phenoxy) is 2. The van der Waals surface area contributed by atoms with Gasteiger partial charge in [-0.2, -0.15) is 8.78 Å². The predicted octanol–water partition coefficient (Wildman–Crippen LogP) is 3.55. The molecule has 0 saturated heterocycles. The predicted molar refractivity (Wildman–Crippen MR) is 85.8 cm³/mol. The first kappa shape index (κ1) is 21.4. The highest BCUT2D eigenvalue weighted by atomic mass is 79.9. The average Bonchev–Trinajstić information content (AvgIpc) is 2.44. The monoisotopic (exact) mass is 467 g/mol. The van der Waals surface area contributed by atoms with Gasteiger partial charge < -0.3 is 20.3 Å². The number of aromatic hydroxyl groups is 1. The SMILES string of the molecule is CCOC(=O)C(F)(F)[C@@H](N)c1cc(OC)c(O)c(Br)c1Br.Cl. The number of carbonyl (C=O) groups excluding carboxylic acids is 1. The molecule has 0 bridgehead atoms. The van der Waals surface area contributed by atoms with E-state index in [0.717, 1.165) is 6.07 Å². The van der Waals surface area contributed by atoms with Crippen molar-refractivity contribution >= 4 is 50.2 Å². The second-order valence-corrected chi connectivity index (χ2v) is 5.55. The van der Waals surface area contributed by atoms with Crippen molar-refractivity contribution in [3.05, 3.63) is 20.6 Å². The summed E-state index contributed by atoms with van der Waals surface area (Å²) in [7, 11) is 1.26. The Morgan fingerprint density at radius 2 is 2.00 bits per heavy atom. The number of nitrogens with two attached hydrogens (primary N) is 1. The smallest absolute Gasteiger partial charge is 0.379 e. The van der Waals surface area contributed by atoms with Gasteiger partial charge in [-0.1, -0.05) is 0 Å². The third-order valence-electron chi connectivity index (χ3n) is 2.67. The van der Waals surface area contributed by atoms with E-state index in [1.807, 2.05) is 0 Å². The van der Waals surface area contributed by atoms with Crippen LogP contribution in [0.5, 0.6) is 11.5 Å². The lowest BCUT2D eigenvalue weighted by molar-refractivity contribution is -0.174. The maximum atomic E-state index is 14.0. The zero-order valence-electron chi connectivity index (χ0n) is 11.5. The van der Waals surface area contributed by atoms with Gasteiger partial charge in [0.15, 0.2) is 11.5 Å². The van der Waals surface area contributed by atoms with Crippen molar-refractivity contribution in [2.24, 2.45) is 5.73 Å². The van der Waals surface area contributed by atoms with Crippen LogP contribution in [0.1, 0.15) is 18.5 Å². The molecule has 0 spiro atoms. The van der Waals surface area contributed by atoms with E-state index >= 15 is 0 Å². The highest BCUT2D eigenvalue weighted by Gasteiger charge is 2.48. The van der Waals surface area contributed by atoms with E-state index in [4.69, 9.17) is 10.5 Å². The second kappa shape index (κ2) is 8.28. The van der Waals surface area contributed by atoms with Gasteiger partial charge in [0.2, 0.25) is 0 Å². The molecule has 0 aliphatic carbocycles. The quantitative estimate of drug-likeness (QED) is 0.645. The number of carbonyl (C=O) groups is 1. The number of rotatable bonds is 5. The first-order valence-corrected chi connectivity index (χ1v) is 7.32. The van der Waals surface area contributed by atoms with E-state index < -0.39 is 17.9 Å². The maximum Gasteiger partial charge on any atom is 0.379 e. The number of methoxy groups -OCH3 is 1. The molecule has 126 valence electrons. The Hall–Kier alpha value is -0.640. The molecule has 5 nitrogen and oxygen atoms in total. The number of phenols is 1. The third-order valence-corrected chi connectivity index (χ3v) is 4.83. The molecular formula is C12H14Br2ClF2NO4. The molecule has 0 radical (unpaired) electrons. The summed E-state index contributed by atoms with van der Waals surface area (Å²) in [6.45, 7) is 1.22. The number of esters is 1. The highest BCUT2D eigenvalue weighted by Crippen LogP contribution is 2.45. The Bertz CT molecular complexity index is 560. The van der Waals surface area contributed by atoms with Gasteiger partial charge in [0.05, 0.1) is 18.2 Å². The number of halogens is 5. The van der Waals surface area contributed by atoms with Crippen molar-refractivity contribution in [1.82, 2.24) is 0 Å².